The highest BCUT2D eigenvalue weighted by atomic mass is 15.4. The van der Waals surface area contributed by atoms with Gasteiger partial charge in [-0.15, -0.1) is 0 Å². The van der Waals surface area contributed by atoms with Gasteiger partial charge in [0.2, 0.25) is 0 Å². The molecule has 0 amide bonds. The van der Waals surface area contributed by atoms with E-state index in [0.717, 1.165) is 24.2 Å². The van der Waals surface area contributed by atoms with Gasteiger partial charge in [-0.05, 0) is 51.9 Å². The Labute approximate surface area is 117 Å². The fraction of sp³-hybridized carbons (Fsp3) is 0.867. The summed E-state index contributed by atoms with van der Waals surface area (Å²) in [6, 6.07) is 0.533. The minimum atomic E-state index is 0.116. The van der Waals surface area contributed by atoms with Crippen LogP contribution < -0.4 is 5.32 Å². The molecule has 1 fully saturated rings. The van der Waals surface area contributed by atoms with Gasteiger partial charge in [-0.1, -0.05) is 13.8 Å². The Hall–Kier alpha value is -0.900. The Morgan fingerprint density at radius 1 is 1.26 bits per heavy atom. The first-order valence-corrected chi connectivity index (χ1v) is 7.50. The Kier molecular flexibility index (Phi) is 4.29. The van der Waals surface area contributed by atoms with Gasteiger partial charge < -0.3 is 5.32 Å². The zero-order valence-corrected chi connectivity index (χ0v) is 13.0. The largest absolute Gasteiger partial charge is 0.305 e. The average molecular weight is 264 g/mol. The van der Waals surface area contributed by atoms with E-state index in [1.54, 1.807) is 6.33 Å². The molecule has 1 N–H and O–H groups in total. The first-order valence-electron chi connectivity index (χ1n) is 7.50. The van der Waals surface area contributed by atoms with E-state index in [9.17, 15) is 0 Å². The van der Waals surface area contributed by atoms with E-state index in [2.05, 4.69) is 54.7 Å². The van der Waals surface area contributed by atoms with Crippen LogP contribution in [-0.2, 0) is 6.54 Å². The van der Waals surface area contributed by atoms with E-state index in [-0.39, 0.29) is 5.54 Å². The molecule has 1 aromatic rings. The van der Waals surface area contributed by atoms with Crippen molar-refractivity contribution in [3.8, 4) is 0 Å². The van der Waals surface area contributed by atoms with Crippen LogP contribution in [0.5, 0.6) is 0 Å². The van der Waals surface area contributed by atoms with Gasteiger partial charge in [0.1, 0.15) is 12.2 Å². The molecule has 3 unspecified atom stereocenters. The second-order valence-electron chi connectivity index (χ2n) is 7.15. The maximum atomic E-state index is 4.47. The summed E-state index contributed by atoms with van der Waals surface area (Å²) in [7, 11) is 0. The van der Waals surface area contributed by atoms with Crippen molar-refractivity contribution in [2.45, 2.75) is 72.0 Å². The van der Waals surface area contributed by atoms with Crippen molar-refractivity contribution in [2.75, 3.05) is 0 Å². The Morgan fingerprint density at radius 2 is 2.00 bits per heavy atom. The number of hydrogen-bond acceptors (Lipinski definition) is 3. The van der Waals surface area contributed by atoms with Crippen LogP contribution in [-0.4, -0.2) is 20.3 Å². The smallest absolute Gasteiger partial charge is 0.141 e. The molecule has 0 aliphatic heterocycles. The van der Waals surface area contributed by atoms with E-state index in [4.69, 9.17) is 0 Å². The summed E-state index contributed by atoms with van der Waals surface area (Å²) in [6.07, 6.45) is 5.46. The van der Waals surface area contributed by atoms with Crippen LogP contribution in [0.25, 0.3) is 0 Å². The van der Waals surface area contributed by atoms with E-state index < -0.39 is 0 Å². The summed E-state index contributed by atoms with van der Waals surface area (Å²) < 4.78 is 2.15. The van der Waals surface area contributed by atoms with Crippen LogP contribution in [0.3, 0.4) is 0 Å². The number of rotatable bonds is 3. The standard InChI is InChI=1S/C15H28N4/c1-11-6-7-13(8-12(11)2)19-14(16-10-18-19)9-17-15(3,4)5/h10-13,17H,6-9H2,1-5H3. The van der Waals surface area contributed by atoms with E-state index in [0.29, 0.717) is 6.04 Å². The fourth-order valence-corrected chi connectivity index (χ4v) is 2.79. The third kappa shape index (κ3) is 3.78. The van der Waals surface area contributed by atoms with Gasteiger partial charge in [0.15, 0.2) is 0 Å². The van der Waals surface area contributed by atoms with Crippen molar-refractivity contribution in [1.29, 1.82) is 0 Å². The molecule has 2 rings (SSSR count). The summed E-state index contributed by atoms with van der Waals surface area (Å²) in [6.45, 7) is 12.1. The van der Waals surface area contributed by atoms with Gasteiger partial charge in [-0.2, -0.15) is 5.10 Å². The Bertz CT molecular complexity index is 405. The molecule has 1 saturated carbocycles. The van der Waals surface area contributed by atoms with Crippen LogP contribution >= 0.6 is 0 Å². The average Bonchev–Trinajstić information content (AvgIpc) is 2.77. The summed E-state index contributed by atoms with van der Waals surface area (Å²) in [5.74, 6) is 2.70. The lowest BCUT2D eigenvalue weighted by atomic mass is 9.79. The van der Waals surface area contributed by atoms with Gasteiger partial charge >= 0.3 is 0 Å². The molecule has 0 saturated heterocycles. The summed E-state index contributed by atoms with van der Waals surface area (Å²) in [5, 5.41) is 7.97. The van der Waals surface area contributed by atoms with E-state index >= 15 is 0 Å². The summed E-state index contributed by atoms with van der Waals surface area (Å²) >= 11 is 0. The molecule has 1 aromatic heterocycles. The molecule has 3 atom stereocenters. The highest BCUT2D eigenvalue weighted by Gasteiger charge is 2.27. The van der Waals surface area contributed by atoms with Crippen LogP contribution in [0.2, 0.25) is 0 Å². The lowest BCUT2D eigenvalue weighted by Crippen LogP contribution is -2.36. The Balaban J connectivity index is 2.03. The van der Waals surface area contributed by atoms with E-state index in [1.165, 1.54) is 19.3 Å². The fourth-order valence-electron chi connectivity index (χ4n) is 2.79. The van der Waals surface area contributed by atoms with Gasteiger partial charge in [-0.25, -0.2) is 9.67 Å². The van der Waals surface area contributed by atoms with Gasteiger partial charge in [0.05, 0.1) is 12.6 Å². The van der Waals surface area contributed by atoms with E-state index in [1.807, 2.05) is 0 Å². The molecule has 0 aromatic carbocycles. The maximum Gasteiger partial charge on any atom is 0.141 e. The zero-order valence-electron chi connectivity index (χ0n) is 13.0. The molecule has 4 heteroatoms. The number of aromatic nitrogens is 3. The zero-order chi connectivity index (χ0) is 14.0. The lowest BCUT2D eigenvalue weighted by molar-refractivity contribution is 0.196. The predicted molar refractivity (Wildman–Crippen MR) is 77.8 cm³/mol. The van der Waals surface area contributed by atoms with Crippen LogP contribution in [0.4, 0.5) is 0 Å². The minimum absolute atomic E-state index is 0.116. The second-order valence-corrected chi connectivity index (χ2v) is 7.15. The second kappa shape index (κ2) is 5.61. The number of nitrogens with one attached hydrogen (secondary N) is 1. The quantitative estimate of drug-likeness (QED) is 0.912. The van der Waals surface area contributed by atoms with Gasteiger partial charge in [0, 0.05) is 5.54 Å². The first-order chi connectivity index (χ1) is 8.87. The molecule has 0 radical (unpaired) electrons. The first kappa shape index (κ1) is 14.5. The topological polar surface area (TPSA) is 42.7 Å². The predicted octanol–water partition coefficient (Wildman–Crippen LogP) is 3.16. The van der Waals surface area contributed by atoms with Crippen molar-refractivity contribution in [3.63, 3.8) is 0 Å². The van der Waals surface area contributed by atoms with Crippen LogP contribution in [0.15, 0.2) is 6.33 Å². The van der Waals surface area contributed by atoms with Crippen LogP contribution in [0.1, 0.15) is 65.7 Å². The van der Waals surface area contributed by atoms with Crippen molar-refractivity contribution in [1.82, 2.24) is 20.1 Å². The lowest BCUT2D eigenvalue weighted by Gasteiger charge is -2.32. The Morgan fingerprint density at radius 3 is 2.63 bits per heavy atom. The highest BCUT2D eigenvalue weighted by Crippen LogP contribution is 2.36. The maximum absolute atomic E-state index is 4.47. The summed E-state index contributed by atoms with van der Waals surface area (Å²) in [5.41, 5.74) is 0.116. The summed E-state index contributed by atoms with van der Waals surface area (Å²) in [4.78, 5) is 4.43. The molecule has 1 aliphatic carbocycles. The van der Waals surface area contributed by atoms with Crippen molar-refractivity contribution in [3.05, 3.63) is 12.2 Å². The molecule has 1 heterocycles. The van der Waals surface area contributed by atoms with Gasteiger partial charge in [-0.3, -0.25) is 0 Å². The normalized spacial score (nSPS) is 28.6. The van der Waals surface area contributed by atoms with Gasteiger partial charge in [0.25, 0.3) is 0 Å². The molecule has 108 valence electrons. The molecule has 4 nitrogen and oxygen atoms in total. The minimum Gasteiger partial charge on any atom is -0.305 e. The highest BCUT2D eigenvalue weighted by molar-refractivity contribution is 4.91. The number of hydrogen-bond donors (Lipinski definition) is 1. The third-order valence-electron chi connectivity index (χ3n) is 4.34. The van der Waals surface area contributed by atoms with Crippen molar-refractivity contribution < 1.29 is 0 Å². The monoisotopic (exact) mass is 264 g/mol. The number of nitrogens with zero attached hydrogens (tertiary/aromatic N) is 3. The molecule has 0 bridgehead atoms. The molecule has 0 spiro atoms. The van der Waals surface area contributed by atoms with Crippen LogP contribution in [0, 0.1) is 11.8 Å². The molecule has 19 heavy (non-hydrogen) atoms. The van der Waals surface area contributed by atoms with Crippen molar-refractivity contribution >= 4 is 0 Å². The third-order valence-corrected chi connectivity index (χ3v) is 4.34. The SMILES string of the molecule is CC1CCC(n2ncnc2CNC(C)(C)C)CC1C. The molecular formula is C15H28N4. The molecule has 1 aliphatic rings. The van der Waals surface area contributed by atoms with Crippen molar-refractivity contribution in [2.24, 2.45) is 11.8 Å². The molecular weight excluding hydrogens is 236 g/mol.